The number of benzene rings is 1. The third-order valence-electron chi connectivity index (χ3n) is 2.66. The van der Waals surface area contributed by atoms with E-state index in [0.717, 1.165) is 17.3 Å². The molecule has 1 N–H and O–H groups in total. The molecule has 0 atom stereocenters. The molecule has 0 fully saturated rings. The SMILES string of the molecule is Cc1c(CNc2ccc(Cl)cc2)cnn1C. The summed E-state index contributed by atoms with van der Waals surface area (Å²) in [5.74, 6) is 0. The van der Waals surface area contributed by atoms with Crippen LogP contribution in [-0.2, 0) is 13.6 Å². The fourth-order valence-corrected chi connectivity index (χ4v) is 1.61. The molecule has 0 saturated carbocycles. The summed E-state index contributed by atoms with van der Waals surface area (Å²) in [4.78, 5) is 0. The number of halogens is 1. The van der Waals surface area contributed by atoms with E-state index < -0.39 is 0 Å². The zero-order valence-electron chi connectivity index (χ0n) is 9.37. The van der Waals surface area contributed by atoms with Gasteiger partial charge in [-0.15, -0.1) is 0 Å². The maximum Gasteiger partial charge on any atom is 0.0542 e. The Kier molecular flexibility index (Phi) is 3.15. The normalized spacial score (nSPS) is 10.4. The fraction of sp³-hybridized carbons (Fsp3) is 0.250. The minimum absolute atomic E-state index is 0.753. The topological polar surface area (TPSA) is 29.9 Å². The van der Waals surface area contributed by atoms with Crippen molar-refractivity contribution in [3.05, 3.63) is 46.7 Å². The van der Waals surface area contributed by atoms with Crippen LogP contribution in [0, 0.1) is 6.92 Å². The van der Waals surface area contributed by atoms with Gasteiger partial charge in [0.05, 0.1) is 6.20 Å². The summed E-state index contributed by atoms with van der Waals surface area (Å²) in [7, 11) is 1.95. The lowest BCUT2D eigenvalue weighted by Crippen LogP contribution is -2.01. The molecular formula is C12H14ClN3. The van der Waals surface area contributed by atoms with E-state index in [1.54, 1.807) is 0 Å². The van der Waals surface area contributed by atoms with Crippen molar-refractivity contribution < 1.29 is 0 Å². The second kappa shape index (κ2) is 4.58. The van der Waals surface area contributed by atoms with Crippen LogP contribution in [0.25, 0.3) is 0 Å². The molecule has 0 unspecified atom stereocenters. The summed E-state index contributed by atoms with van der Waals surface area (Å²) >= 11 is 5.82. The first-order valence-corrected chi connectivity index (χ1v) is 5.51. The lowest BCUT2D eigenvalue weighted by Gasteiger charge is -2.05. The molecule has 16 heavy (non-hydrogen) atoms. The van der Waals surface area contributed by atoms with Gasteiger partial charge >= 0.3 is 0 Å². The van der Waals surface area contributed by atoms with Crippen molar-refractivity contribution in [1.29, 1.82) is 0 Å². The lowest BCUT2D eigenvalue weighted by molar-refractivity contribution is 0.738. The van der Waals surface area contributed by atoms with Crippen LogP contribution in [0.2, 0.25) is 5.02 Å². The zero-order valence-corrected chi connectivity index (χ0v) is 10.1. The van der Waals surface area contributed by atoms with Gasteiger partial charge in [-0.2, -0.15) is 5.10 Å². The van der Waals surface area contributed by atoms with Gasteiger partial charge < -0.3 is 5.32 Å². The molecular weight excluding hydrogens is 222 g/mol. The van der Waals surface area contributed by atoms with Crippen molar-refractivity contribution in [2.45, 2.75) is 13.5 Å². The minimum atomic E-state index is 0.753. The Labute approximate surface area is 100 Å². The van der Waals surface area contributed by atoms with Gasteiger partial charge in [-0.3, -0.25) is 4.68 Å². The molecule has 0 aliphatic rings. The Morgan fingerprint density at radius 3 is 2.56 bits per heavy atom. The Balaban J connectivity index is 2.02. The van der Waals surface area contributed by atoms with Gasteiger partial charge in [0.15, 0.2) is 0 Å². The molecule has 0 bridgehead atoms. The predicted octanol–water partition coefficient (Wildman–Crippen LogP) is 2.99. The number of rotatable bonds is 3. The smallest absolute Gasteiger partial charge is 0.0542 e. The summed E-state index contributed by atoms with van der Waals surface area (Å²) in [6, 6.07) is 7.68. The number of nitrogens with one attached hydrogen (secondary N) is 1. The standard InChI is InChI=1S/C12H14ClN3/c1-9-10(8-15-16(9)2)7-14-12-5-3-11(13)4-6-12/h3-6,8,14H,7H2,1-2H3. The van der Waals surface area contributed by atoms with Crippen LogP contribution in [0.15, 0.2) is 30.5 Å². The molecule has 1 aromatic heterocycles. The Hall–Kier alpha value is -1.48. The van der Waals surface area contributed by atoms with Gasteiger partial charge in [0, 0.05) is 35.6 Å². The van der Waals surface area contributed by atoms with E-state index >= 15 is 0 Å². The van der Waals surface area contributed by atoms with Crippen molar-refractivity contribution in [2.24, 2.45) is 7.05 Å². The van der Waals surface area contributed by atoms with Crippen LogP contribution >= 0.6 is 11.6 Å². The average molecular weight is 236 g/mol. The lowest BCUT2D eigenvalue weighted by atomic mass is 10.2. The molecule has 3 nitrogen and oxygen atoms in total. The molecule has 0 aliphatic carbocycles. The van der Waals surface area contributed by atoms with Crippen LogP contribution in [0.4, 0.5) is 5.69 Å². The number of anilines is 1. The third-order valence-corrected chi connectivity index (χ3v) is 2.92. The van der Waals surface area contributed by atoms with Crippen molar-refractivity contribution >= 4 is 17.3 Å². The second-order valence-corrected chi connectivity index (χ2v) is 4.18. The predicted molar refractivity (Wildman–Crippen MR) is 66.7 cm³/mol. The summed E-state index contributed by atoms with van der Waals surface area (Å²) < 4.78 is 1.87. The average Bonchev–Trinajstić information content (AvgIpc) is 2.60. The summed E-state index contributed by atoms with van der Waals surface area (Å²) in [6.45, 7) is 2.84. The van der Waals surface area contributed by atoms with Gasteiger partial charge in [-0.25, -0.2) is 0 Å². The van der Waals surface area contributed by atoms with Crippen LogP contribution < -0.4 is 5.32 Å². The monoisotopic (exact) mass is 235 g/mol. The second-order valence-electron chi connectivity index (χ2n) is 3.74. The number of aromatic nitrogens is 2. The van der Waals surface area contributed by atoms with Crippen molar-refractivity contribution in [2.75, 3.05) is 5.32 Å². The Morgan fingerprint density at radius 2 is 2.00 bits per heavy atom. The highest BCUT2D eigenvalue weighted by atomic mass is 35.5. The Bertz CT molecular complexity index is 474. The van der Waals surface area contributed by atoms with E-state index in [-0.39, 0.29) is 0 Å². The molecule has 84 valence electrons. The minimum Gasteiger partial charge on any atom is -0.381 e. The van der Waals surface area contributed by atoms with E-state index in [1.807, 2.05) is 42.2 Å². The molecule has 1 aromatic carbocycles. The van der Waals surface area contributed by atoms with Crippen LogP contribution in [-0.4, -0.2) is 9.78 Å². The molecule has 0 radical (unpaired) electrons. The maximum atomic E-state index is 5.82. The Morgan fingerprint density at radius 1 is 1.31 bits per heavy atom. The van der Waals surface area contributed by atoms with E-state index in [4.69, 9.17) is 11.6 Å². The molecule has 4 heteroatoms. The molecule has 1 heterocycles. The van der Waals surface area contributed by atoms with Crippen LogP contribution in [0.5, 0.6) is 0 Å². The van der Waals surface area contributed by atoms with Gasteiger partial charge in [0.1, 0.15) is 0 Å². The zero-order chi connectivity index (χ0) is 11.5. The van der Waals surface area contributed by atoms with Gasteiger partial charge in [0.2, 0.25) is 0 Å². The van der Waals surface area contributed by atoms with E-state index in [1.165, 1.54) is 11.3 Å². The van der Waals surface area contributed by atoms with Crippen molar-refractivity contribution in [3.63, 3.8) is 0 Å². The molecule has 0 saturated heterocycles. The van der Waals surface area contributed by atoms with Gasteiger partial charge in [-0.1, -0.05) is 11.6 Å². The molecule has 0 aliphatic heterocycles. The highest BCUT2D eigenvalue weighted by molar-refractivity contribution is 6.30. The molecule has 2 aromatic rings. The summed E-state index contributed by atoms with van der Waals surface area (Å²) in [6.07, 6.45) is 1.89. The van der Waals surface area contributed by atoms with Gasteiger partial charge in [0.25, 0.3) is 0 Å². The quantitative estimate of drug-likeness (QED) is 0.887. The largest absolute Gasteiger partial charge is 0.381 e. The molecule has 0 spiro atoms. The van der Waals surface area contributed by atoms with Crippen LogP contribution in [0.1, 0.15) is 11.3 Å². The first kappa shape index (κ1) is 11.0. The molecule has 2 rings (SSSR count). The first-order valence-electron chi connectivity index (χ1n) is 5.14. The number of hydrogen-bond donors (Lipinski definition) is 1. The van der Waals surface area contributed by atoms with Crippen molar-refractivity contribution in [3.8, 4) is 0 Å². The number of aryl methyl sites for hydroxylation is 1. The fourth-order valence-electron chi connectivity index (χ4n) is 1.48. The van der Waals surface area contributed by atoms with Gasteiger partial charge in [-0.05, 0) is 31.2 Å². The summed E-state index contributed by atoms with van der Waals surface area (Å²) in [5.41, 5.74) is 3.45. The van der Waals surface area contributed by atoms with E-state index in [2.05, 4.69) is 17.3 Å². The molecule has 0 amide bonds. The third kappa shape index (κ3) is 2.36. The highest BCUT2D eigenvalue weighted by Crippen LogP contribution is 2.15. The van der Waals surface area contributed by atoms with E-state index in [0.29, 0.717) is 0 Å². The summed E-state index contributed by atoms with van der Waals surface area (Å²) in [5, 5.41) is 8.28. The first-order chi connectivity index (χ1) is 7.66. The number of hydrogen-bond acceptors (Lipinski definition) is 2. The van der Waals surface area contributed by atoms with Crippen molar-refractivity contribution in [1.82, 2.24) is 9.78 Å². The highest BCUT2D eigenvalue weighted by Gasteiger charge is 2.02. The number of nitrogens with zero attached hydrogens (tertiary/aromatic N) is 2. The maximum absolute atomic E-state index is 5.82. The van der Waals surface area contributed by atoms with Crippen LogP contribution in [0.3, 0.4) is 0 Å². The van der Waals surface area contributed by atoms with E-state index in [9.17, 15) is 0 Å².